The highest BCUT2D eigenvalue weighted by molar-refractivity contribution is 6.08. The summed E-state index contributed by atoms with van der Waals surface area (Å²) in [5.41, 5.74) is -0.749. The molecule has 6 nitrogen and oxygen atoms in total. The van der Waals surface area contributed by atoms with Gasteiger partial charge in [0.05, 0.1) is 11.0 Å². The SMILES string of the molecule is CC1(C)C[C@@H](NC(=O)CN2C(=O)CC3(CCCC3)C2=O)CCO1. The first-order valence-corrected chi connectivity index (χ1v) is 8.60. The molecule has 1 saturated carbocycles. The van der Waals surface area contributed by atoms with Gasteiger partial charge in [-0.05, 0) is 39.5 Å². The quantitative estimate of drug-likeness (QED) is 0.797. The van der Waals surface area contributed by atoms with Gasteiger partial charge >= 0.3 is 0 Å². The van der Waals surface area contributed by atoms with Crippen LogP contribution in [-0.2, 0) is 19.1 Å². The van der Waals surface area contributed by atoms with Crippen LogP contribution in [0.3, 0.4) is 0 Å². The van der Waals surface area contributed by atoms with Crippen molar-refractivity contribution in [2.24, 2.45) is 5.41 Å². The van der Waals surface area contributed by atoms with Gasteiger partial charge in [-0.1, -0.05) is 12.8 Å². The summed E-state index contributed by atoms with van der Waals surface area (Å²) in [5.74, 6) is -0.578. The molecule has 23 heavy (non-hydrogen) atoms. The molecular weight excluding hydrogens is 296 g/mol. The van der Waals surface area contributed by atoms with Crippen LogP contribution in [-0.4, -0.2) is 47.4 Å². The Labute approximate surface area is 136 Å². The molecule has 1 N–H and O–H groups in total. The lowest BCUT2D eigenvalue weighted by Gasteiger charge is -2.36. The topological polar surface area (TPSA) is 75.7 Å². The molecule has 1 spiro atoms. The van der Waals surface area contributed by atoms with E-state index >= 15 is 0 Å². The van der Waals surface area contributed by atoms with Crippen molar-refractivity contribution in [3.05, 3.63) is 0 Å². The Kier molecular flexibility index (Phi) is 4.21. The highest BCUT2D eigenvalue weighted by atomic mass is 16.5. The molecule has 0 unspecified atom stereocenters. The Morgan fingerprint density at radius 2 is 2.00 bits per heavy atom. The van der Waals surface area contributed by atoms with Crippen molar-refractivity contribution in [2.45, 2.75) is 70.4 Å². The maximum absolute atomic E-state index is 12.6. The maximum Gasteiger partial charge on any atom is 0.240 e. The Balaban J connectivity index is 1.57. The van der Waals surface area contributed by atoms with Crippen LogP contribution in [0.2, 0.25) is 0 Å². The first-order chi connectivity index (χ1) is 10.8. The lowest BCUT2D eigenvalue weighted by atomic mass is 9.84. The van der Waals surface area contributed by atoms with Crippen LogP contribution < -0.4 is 5.32 Å². The van der Waals surface area contributed by atoms with Crippen LogP contribution in [0.15, 0.2) is 0 Å². The lowest BCUT2D eigenvalue weighted by molar-refractivity contribution is -0.145. The fraction of sp³-hybridized carbons (Fsp3) is 0.824. The van der Waals surface area contributed by atoms with E-state index in [9.17, 15) is 14.4 Å². The number of carbonyl (C=O) groups excluding carboxylic acids is 3. The van der Waals surface area contributed by atoms with Crippen molar-refractivity contribution in [3.8, 4) is 0 Å². The molecule has 3 amide bonds. The second-order valence-electron chi connectivity index (χ2n) is 7.81. The fourth-order valence-electron chi connectivity index (χ4n) is 4.23. The van der Waals surface area contributed by atoms with E-state index in [4.69, 9.17) is 4.74 Å². The van der Waals surface area contributed by atoms with Crippen LogP contribution in [0.5, 0.6) is 0 Å². The van der Waals surface area contributed by atoms with Crippen LogP contribution >= 0.6 is 0 Å². The Morgan fingerprint density at radius 3 is 2.65 bits per heavy atom. The third kappa shape index (κ3) is 3.27. The predicted octanol–water partition coefficient (Wildman–Crippen LogP) is 1.38. The molecule has 0 bridgehead atoms. The molecule has 3 rings (SSSR count). The molecular formula is C17H26N2O4. The van der Waals surface area contributed by atoms with Gasteiger partial charge in [0, 0.05) is 19.1 Å². The number of hydrogen-bond acceptors (Lipinski definition) is 4. The van der Waals surface area contributed by atoms with Crippen molar-refractivity contribution in [1.29, 1.82) is 0 Å². The van der Waals surface area contributed by atoms with Gasteiger partial charge < -0.3 is 10.1 Å². The zero-order valence-electron chi connectivity index (χ0n) is 14.0. The third-order valence-electron chi connectivity index (χ3n) is 5.41. The van der Waals surface area contributed by atoms with Crippen LogP contribution in [0.25, 0.3) is 0 Å². The molecule has 128 valence electrons. The maximum atomic E-state index is 12.6. The summed E-state index contributed by atoms with van der Waals surface area (Å²) in [6.07, 6.45) is 5.34. The first-order valence-electron chi connectivity index (χ1n) is 8.60. The van der Waals surface area contributed by atoms with E-state index in [2.05, 4.69) is 5.32 Å². The van der Waals surface area contributed by atoms with Crippen LogP contribution in [0.4, 0.5) is 0 Å². The van der Waals surface area contributed by atoms with Crippen molar-refractivity contribution in [1.82, 2.24) is 10.2 Å². The summed E-state index contributed by atoms with van der Waals surface area (Å²) in [6, 6.07) is 0.0412. The van der Waals surface area contributed by atoms with Crippen molar-refractivity contribution < 1.29 is 19.1 Å². The molecule has 0 aromatic rings. The molecule has 3 fully saturated rings. The summed E-state index contributed by atoms with van der Waals surface area (Å²) in [5, 5.41) is 2.96. The van der Waals surface area contributed by atoms with E-state index in [1.807, 2.05) is 13.8 Å². The van der Waals surface area contributed by atoms with Gasteiger partial charge in [-0.3, -0.25) is 19.3 Å². The number of rotatable bonds is 3. The second-order valence-corrected chi connectivity index (χ2v) is 7.81. The average Bonchev–Trinajstić information content (AvgIpc) is 3.00. The van der Waals surface area contributed by atoms with E-state index in [0.29, 0.717) is 6.61 Å². The number of likely N-dealkylation sites (tertiary alicyclic amines) is 1. The van der Waals surface area contributed by atoms with Gasteiger partial charge in [0.2, 0.25) is 17.7 Å². The number of nitrogens with zero attached hydrogens (tertiary/aromatic N) is 1. The highest BCUT2D eigenvalue weighted by Gasteiger charge is 2.52. The minimum atomic E-state index is -0.502. The zero-order chi connectivity index (χ0) is 16.7. The first kappa shape index (κ1) is 16.4. The molecule has 0 radical (unpaired) electrons. The largest absolute Gasteiger partial charge is 0.375 e. The van der Waals surface area contributed by atoms with Gasteiger partial charge in [-0.2, -0.15) is 0 Å². The smallest absolute Gasteiger partial charge is 0.240 e. The minimum Gasteiger partial charge on any atom is -0.375 e. The number of carbonyl (C=O) groups is 3. The van der Waals surface area contributed by atoms with Crippen molar-refractivity contribution >= 4 is 17.7 Å². The molecule has 0 aromatic carbocycles. The Morgan fingerprint density at radius 1 is 1.30 bits per heavy atom. The van der Waals surface area contributed by atoms with Gasteiger partial charge in [0.1, 0.15) is 6.54 Å². The van der Waals surface area contributed by atoms with Gasteiger partial charge in [-0.15, -0.1) is 0 Å². The number of nitrogens with one attached hydrogen (secondary N) is 1. The molecule has 1 aliphatic carbocycles. The summed E-state index contributed by atoms with van der Waals surface area (Å²) in [7, 11) is 0. The van der Waals surface area contributed by atoms with E-state index in [-0.39, 0.29) is 42.3 Å². The number of ether oxygens (including phenoxy) is 1. The van der Waals surface area contributed by atoms with E-state index < -0.39 is 5.41 Å². The van der Waals surface area contributed by atoms with E-state index in [1.165, 1.54) is 4.90 Å². The molecule has 2 aliphatic heterocycles. The molecule has 1 atom stereocenters. The predicted molar refractivity (Wildman–Crippen MR) is 83.4 cm³/mol. The highest BCUT2D eigenvalue weighted by Crippen LogP contribution is 2.46. The fourth-order valence-corrected chi connectivity index (χ4v) is 4.23. The molecule has 6 heteroatoms. The third-order valence-corrected chi connectivity index (χ3v) is 5.41. The molecule has 0 aromatic heterocycles. The van der Waals surface area contributed by atoms with Crippen LogP contribution in [0, 0.1) is 5.41 Å². The lowest BCUT2D eigenvalue weighted by Crippen LogP contribution is -2.49. The molecule has 2 heterocycles. The van der Waals surface area contributed by atoms with Crippen molar-refractivity contribution in [3.63, 3.8) is 0 Å². The normalized spacial score (nSPS) is 29.3. The van der Waals surface area contributed by atoms with Crippen molar-refractivity contribution in [2.75, 3.05) is 13.2 Å². The van der Waals surface area contributed by atoms with Gasteiger partial charge in [0.25, 0.3) is 0 Å². The zero-order valence-corrected chi connectivity index (χ0v) is 14.0. The van der Waals surface area contributed by atoms with Gasteiger partial charge in [-0.25, -0.2) is 0 Å². The number of amides is 3. The van der Waals surface area contributed by atoms with E-state index in [1.54, 1.807) is 0 Å². The average molecular weight is 322 g/mol. The minimum absolute atomic E-state index is 0.0412. The number of hydrogen-bond donors (Lipinski definition) is 1. The summed E-state index contributed by atoms with van der Waals surface area (Å²) >= 11 is 0. The second kappa shape index (κ2) is 5.89. The van der Waals surface area contributed by atoms with E-state index in [0.717, 1.165) is 38.5 Å². The Bertz CT molecular complexity index is 523. The summed E-state index contributed by atoms with van der Waals surface area (Å²) in [4.78, 5) is 38.2. The molecule has 2 saturated heterocycles. The van der Waals surface area contributed by atoms with Gasteiger partial charge in [0.15, 0.2) is 0 Å². The standard InChI is InChI=1S/C17H26N2O4/c1-16(2)9-12(5-8-23-16)18-13(20)11-19-14(21)10-17(15(19)22)6-3-4-7-17/h12H,3-11H2,1-2H3,(H,18,20)/t12-/m0/s1. The molecule has 3 aliphatic rings. The number of imide groups is 1. The van der Waals surface area contributed by atoms with Crippen LogP contribution in [0.1, 0.15) is 58.8 Å². The summed E-state index contributed by atoms with van der Waals surface area (Å²) < 4.78 is 5.64. The summed E-state index contributed by atoms with van der Waals surface area (Å²) in [6.45, 7) is 4.48. The Hall–Kier alpha value is -1.43. The monoisotopic (exact) mass is 322 g/mol.